The number of hydrogen-bond acceptors (Lipinski definition) is 3. The molecule has 0 aromatic heterocycles. The number of benzene rings is 1. The molecule has 1 saturated carbocycles. The fraction of sp³-hybridized carbons (Fsp3) is 0.529. The van der Waals surface area contributed by atoms with Crippen LogP contribution in [0.3, 0.4) is 0 Å². The van der Waals surface area contributed by atoms with E-state index < -0.39 is 0 Å². The summed E-state index contributed by atoms with van der Waals surface area (Å²) in [7, 11) is 1.58. The van der Waals surface area contributed by atoms with Gasteiger partial charge in [-0.05, 0) is 43.5 Å². The summed E-state index contributed by atoms with van der Waals surface area (Å²) in [5.41, 5.74) is 2.17. The highest BCUT2D eigenvalue weighted by molar-refractivity contribution is 5.96. The zero-order valence-corrected chi connectivity index (χ0v) is 13.8. The average molecular weight is 319 g/mol. The number of hydrogen-bond donors (Lipinski definition) is 3. The Morgan fingerprint density at radius 1 is 1.26 bits per heavy atom. The summed E-state index contributed by atoms with van der Waals surface area (Å²) in [5, 5.41) is 8.53. The van der Waals surface area contributed by atoms with E-state index in [9.17, 15) is 9.59 Å². The molecular weight excluding hydrogens is 294 g/mol. The Morgan fingerprint density at radius 2 is 2.00 bits per heavy atom. The topological polar surface area (TPSA) is 79.5 Å². The van der Waals surface area contributed by atoms with E-state index in [-0.39, 0.29) is 11.9 Å². The molecule has 0 atom stereocenters. The quantitative estimate of drug-likeness (QED) is 0.705. The fourth-order valence-corrected chi connectivity index (χ4v) is 2.72. The van der Waals surface area contributed by atoms with Gasteiger partial charge in [0.15, 0.2) is 0 Å². The minimum atomic E-state index is -0.284. The Hall–Kier alpha value is -2.08. The summed E-state index contributed by atoms with van der Waals surface area (Å²) in [6, 6.07) is 5.31. The molecule has 0 bridgehead atoms. The van der Waals surface area contributed by atoms with Crippen LogP contribution in [0.2, 0.25) is 0 Å². The minimum Gasteiger partial charge on any atom is -0.383 e. The maximum absolute atomic E-state index is 12.2. The SMILES string of the molecule is COCCNC(=O)Nc1ccc(C(=O)NC2CCCC2)cc1C. The zero-order valence-electron chi connectivity index (χ0n) is 13.8. The molecule has 0 spiro atoms. The van der Waals surface area contributed by atoms with Gasteiger partial charge in [-0.3, -0.25) is 4.79 Å². The lowest BCUT2D eigenvalue weighted by Gasteiger charge is -2.14. The molecule has 3 N–H and O–H groups in total. The minimum absolute atomic E-state index is 0.0453. The van der Waals surface area contributed by atoms with E-state index in [1.54, 1.807) is 25.3 Å². The Morgan fingerprint density at radius 3 is 2.65 bits per heavy atom. The molecule has 1 aromatic rings. The van der Waals surface area contributed by atoms with Crippen molar-refractivity contribution >= 4 is 17.6 Å². The van der Waals surface area contributed by atoms with Crippen LogP contribution in [0.4, 0.5) is 10.5 Å². The molecule has 3 amide bonds. The van der Waals surface area contributed by atoms with Gasteiger partial charge in [0.1, 0.15) is 0 Å². The first-order valence-electron chi connectivity index (χ1n) is 8.05. The number of anilines is 1. The van der Waals surface area contributed by atoms with Gasteiger partial charge in [0, 0.05) is 30.9 Å². The highest BCUT2D eigenvalue weighted by Gasteiger charge is 2.18. The van der Waals surface area contributed by atoms with Crippen molar-refractivity contribution in [2.45, 2.75) is 38.6 Å². The summed E-state index contributed by atoms with van der Waals surface area (Å²) < 4.78 is 4.88. The van der Waals surface area contributed by atoms with Crippen molar-refractivity contribution in [3.05, 3.63) is 29.3 Å². The second-order valence-corrected chi connectivity index (χ2v) is 5.86. The van der Waals surface area contributed by atoms with Crippen molar-refractivity contribution < 1.29 is 14.3 Å². The molecular formula is C17H25N3O3. The average Bonchev–Trinajstić information content (AvgIpc) is 3.02. The summed E-state index contributed by atoms with van der Waals surface area (Å²) in [6.07, 6.45) is 4.49. The maximum Gasteiger partial charge on any atom is 0.319 e. The van der Waals surface area contributed by atoms with Crippen molar-refractivity contribution in [1.82, 2.24) is 10.6 Å². The van der Waals surface area contributed by atoms with E-state index in [1.165, 1.54) is 12.8 Å². The van der Waals surface area contributed by atoms with Crippen LogP contribution in [0.1, 0.15) is 41.6 Å². The molecule has 0 unspecified atom stereocenters. The van der Waals surface area contributed by atoms with Gasteiger partial charge >= 0.3 is 6.03 Å². The van der Waals surface area contributed by atoms with E-state index in [4.69, 9.17) is 4.74 Å². The standard InChI is InChI=1S/C17H25N3O3/c1-12-11-13(16(21)19-14-5-3-4-6-14)7-8-15(12)20-17(22)18-9-10-23-2/h7-8,11,14H,3-6,9-10H2,1-2H3,(H,19,21)(H2,18,20,22). The number of methoxy groups -OCH3 is 1. The lowest BCUT2D eigenvalue weighted by atomic mass is 10.1. The van der Waals surface area contributed by atoms with Gasteiger partial charge < -0.3 is 20.7 Å². The third-order valence-corrected chi connectivity index (χ3v) is 4.02. The van der Waals surface area contributed by atoms with Crippen LogP contribution in [0.25, 0.3) is 0 Å². The van der Waals surface area contributed by atoms with Crippen molar-refractivity contribution in [1.29, 1.82) is 0 Å². The van der Waals surface area contributed by atoms with E-state index in [2.05, 4.69) is 16.0 Å². The van der Waals surface area contributed by atoms with E-state index in [0.717, 1.165) is 18.4 Å². The van der Waals surface area contributed by atoms with Gasteiger partial charge in [0.25, 0.3) is 5.91 Å². The third-order valence-electron chi connectivity index (χ3n) is 4.02. The van der Waals surface area contributed by atoms with Crippen LogP contribution in [-0.4, -0.2) is 38.2 Å². The normalized spacial score (nSPS) is 14.5. The van der Waals surface area contributed by atoms with Crippen LogP contribution in [0.5, 0.6) is 0 Å². The second-order valence-electron chi connectivity index (χ2n) is 5.86. The summed E-state index contributed by atoms with van der Waals surface area (Å²) in [5.74, 6) is -0.0453. The zero-order chi connectivity index (χ0) is 16.7. The number of aryl methyl sites for hydroxylation is 1. The number of carbonyl (C=O) groups is 2. The highest BCUT2D eigenvalue weighted by Crippen LogP contribution is 2.20. The molecule has 6 nitrogen and oxygen atoms in total. The summed E-state index contributed by atoms with van der Waals surface area (Å²) >= 11 is 0. The van der Waals surface area contributed by atoms with Gasteiger partial charge in [0.2, 0.25) is 0 Å². The monoisotopic (exact) mass is 319 g/mol. The van der Waals surface area contributed by atoms with Gasteiger partial charge in [-0.1, -0.05) is 12.8 Å². The predicted molar refractivity (Wildman–Crippen MR) is 89.8 cm³/mol. The van der Waals surface area contributed by atoms with Crippen molar-refractivity contribution in [3.63, 3.8) is 0 Å². The molecule has 6 heteroatoms. The highest BCUT2D eigenvalue weighted by atomic mass is 16.5. The number of urea groups is 1. The van der Waals surface area contributed by atoms with Gasteiger partial charge in [-0.25, -0.2) is 4.79 Å². The summed E-state index contributed by atoms with van der Waals surface area (Å²) in [4.78, 5) is 24.0. The fourth-order valence-electron chi connectivity index (χ4n) is 2.72. The van der Waals surface area contributed by atoms with Gasteiger partial charge in [0.05, 0.1) is 6.61 Å². The van der Waals surface area contributed by atoms with Crippen molar-refractivity contribution in [3.8, 4) is 0 Å². The number of nitrogens with one attached hydrogen (secondary N) is 3. The van der Waals surface area contributed by atoms with Gasteiger partial charge in [-0.15, -0.1) is 0 Å². The summed E-state index contributed by atoms with van der Waals surface area (Å²) in [6.45, 7) is 2.78. The Kier molecular flexibility index (Phi) is 6.40. The molecule has 0 aliphatic heterocycles. The van der Waals surface area contributed by atoms with E-state index in [1.807, 2.05) is 6.92 Å². The van der Waals surface area contributed by atoms with Crippen LogP contribution >= 0.6 is 0 Å². The first-order valence-corrected chi connectivity index (χ1v) is 8.05. The molecule has 1 fully saturated rings. The maximum atomic E-state index is 12.2. The first-order chi connectivity index (χ1) is 11.1. The molecule has 1 aromatic carbocycles. The van der Waals surface area contributed by atoms with Crippen molar-refractivity contribution in [2.24, 2.45) is 0 Å². The Labute approximate surface area is 137 Å². The smallest absolute Gasteiger partial charge is 0.319 e. The van der Waals surface area contributed by atoms with Crippen LogP contribution < -0.4 is 16.0 Å². The first kappa shape index (κ1) is 17.3. The lowest BCUT2D eigenvalue weighted by molar-refractivity contribution is 0.0938. The number of amides is 3. The van der Waals surface area contributed by atoms with Crippen LogP contribution in [0.15, 0.2) is 18.2 Å². The molecule has 2 rings (SSSR count). The lowest BCUT2D eigenvalue weighted by Crippen LogP contribution is -2.33. The number of rotatable bonds is 6. The molecule has 1 aliphatic rings. The van der Waals surface area contributed by atoms with E-state index in [0.29, 0.717) is 30.4 Å². The van der Waals surface area contributed by atoms with E-state index >= 15 is 0 Å². The molecule has 0 heterocycles. The molecule has 23 heavy (non-hydrogen) atoms. The molecule has 0 saturated heterocycles. The van der Waals surface area contributed by atoms with Crippen molar-refractivity contribution in [2.75, 3.05) is 25.6 Å². The van der Waals surface area contributed by atoms with Crippen LogP contribution in [0, 0.1) is 6.92 Å². The molecule has 0 radical (unpaired) electrons. The Bertz CT molecular complexity index is 554. The number of carbonyl (C=O) groups excluding carboxylic acids is 2. The number of ether oxygens (including phenoxy) is 1. The largest absolute Gasteiger partial charge is 0.383 e. The predicted octanol–water partition coefficient (Wildman–Crippen LogP) is 2.44. The Balaban J connectivity index is 1.91. The van der Waals surface area contributed by atoms with Crippen LogP contribution in [-0.2, 0) is 4.74 Å². The molecule has 1 aliphatic carbocycles. The second kappa shape index (κ2) is 8.53. The third kappa shape index (κ3) is 5.25. The molecule has 126 valence electrons. The van der Waals surface area contributed by atoms with Gasteiger partial charge in [-0.2, -0.15) is 0 Å².